The van der Waals surface area contributed by atoms with Gasteiger partial charge in [-0.3, -0.25) is 9.59 Å². The van der Waals surface area contributed by atoms with Crippen molar-refractivity contribution in [2.75, 3.05) is 13.7 Å². The smallest absolute Gasteiger partial charge is 0.303 e. The van der Waals surface area contributed by atoms with Crippen molar-refractivity contribution in [3.63, 3.8) is 0 Å². The molecule has 11 nitrogen and oxygen atoms in total. The van der Waals surface area contributed by atoms with Crippen molar-refractivity contribution in [1.82, 2.24) is 5.32 Å². The number of nitrogens with zero attached hydrogens (tertiary/aromatic N) is 3. The third-order valence-corrected chi connectivity index (χ3v) is 4.24. The van der Waals surface area contributed by atoms with Gasteiger partial charge >= 0.3 is 5.97 Å². The van der Waals surface area contributed by atoms with E-state index in [0.29, 0.717) is 5.75 Å². The van der Waals surface area contributed by atoms with E-state index >= 15 is 0 Å². The number of nitrogens with one attached hydrogen (secondary N) is 1. The zero-order chi connectivity index (χ0) is 21.4. The molecule has 3 unspecified atom stereocenters. The average Bonchev–Trinajstić information content (AvgIpc) is 2.68. The number of ether oxygens (including phenoxy) is 4. The molecule has 1 aliphatic rings. The largest absolute Gasteiger partial charge is 0.497 e. The maximum Gasteiger partial charge on any atom is 0.303 e. The molecule has 29 heavy (non-hydrogen) atoms. The summed E-state index contributed by atoms with van der Waals surface area (Å²) in [6.45, 7) is 2.59. The standard InChI is InChI=1S/C18H24N4O7/c1-10(23)20-15-17(28-11(2)24)16(25)14(29-18(15)21-22-19)9-27-8-12-4-6-13(26-3)7-5-12/h4-7,14-18,25H,8-9H2,1-3H3,(H,20,23)/t14?,15?,16-,17?,18-/m1/s1. The molecule has 11 heteroatoms. The fraction of sp³-hybridized carbons (Fsp3) is 0.556. The molecular weight excluding hydrogens is 384 g/mol. The predicted octanol–water partition coefficient (Wildman–Crippen LogP) is 1.04. The first-order valence-corrected chi connectivity index (χ1v) is 8.88. The van der Waals surface area contributed by atoms with E-state index < -0.39 is 42.5 Å². The van der Waals surface area contributed by atoms with Crippen LogP contribution in [0.15, 0.2) is 29.4 Å². The molecule has 0 bridgehead atoms. The summed E-state index contributed by atoms with van der Waals surface area (Å²) < 4.78 is 21.5. The molecule has 2 rings (SSSR count). The maximum absolute atomic E-state index is 11.5. The SMILES string of the molecule is COc1ccc(COCC2O[C@@H](N=[N+]=[N-])C(NC(C)=O)C(OC(C)=O)[C@@H]2O)cc1. The summed E-state index contributed by atoms with van der Waals surface area (Å²) in [6.07, 6.45) is -4.61. The predicted molar refractivity (Wildman–Crippen MR) is 99.6 cm³/mol. The summed E-state index contributed by atoms with van der Waals surface area (Å²) in [5.74, 6) is -0.413. The lowest BCUT2D eigenvalue weighted by Gasteiger charge is -2.42. The summed E-state index contributed by atoms with van der Waals surface area (Å²) in [5, 5.41) is 16.6. The van der Waals surface area contributed by atoms with Crippen LogP contribution in [0.3, 0.4) is 0 Å². The summed E-state index contributed by atoms with van der Waals surface area (Å²) in [5.41, 5.74) is 9.68. The second-order valence-electron chi connectivity index (χ2n) is 6.42. The van der Waals surface area contributed by atoms with Gasteiger partial charge in [0.05, 0.1) is 20.3 Å². The molecule has 2 N–H and O–H groups in total. The Morgan fingerprint density at radius 2 is 2.00 bits per heavy atom. The fourth-order valence-corrected chi connectivity index (χ4v) is 2.96. The van der Waals surface area contributed by atoms with Gasteiger partial charge in [-0.2, -0.15) is 0 Å². The van der Waals surface area contributed by atoms with Gasteiger partial charge in [0.15, 0.2) is 12.3 Å². The first kappa shape index (κ1) is 22.4. The van der Waals surface area contributed by atoms with E-state index in [0.717, 1.165) is 5.56 Å². The van der Waals surface area contributed by atoms with Gasteiger partial charge in [0.25, 0.3) is 0 Å². The Labute approximate surface area is 167 Å². The molecule has 1 aromatic rings. The van der Waals surface area contributed by atoms with E-state index in [2.05, 4.69) is 15.3 Å². The van der Waals surface area contributed by atoms with Gasteiger partial charge in [0.1, 0.15) is 24.0 Å². The number of methoxy groups -OCH3 is 1. The summed E-state index contributed by atoms with van der Waals surface area (Å²) in [7, 11) is 1.57. The molecule has 1 saturated heterocycles. The lowest BCUT2D eigenvalue weighted by atomic mass is 9.95. The molecule has 1 heterocycles. The van der Waals surface area contributed by atoms with Crippen molar-refractivity contribution in [3.05, 3.63) is 40.3 Å². The van der Waals surface area contributed by atoms with Gasteiger partial charge < -0.3 is 29.4 Å². The number of aliphatic hydroxyl groups excluding tert-OH is 1. The molecule has 0 aliphatic carbocycles. The van der Waals surface area contributed by atoms with Crippen LogP contribution in [-0.4, -0.2) is 61.3 Å². The number of rotatable bonds is 8. The minimum atomic E-state index is -1.31. The third kappa shape index (κ3) is 6.33. The van der Waals surface area contributed by atoms with E-state index in [-0.39, 0.29) is 13.2 Å². The Bertz CT molecular complexity index is 751. The Kier molecular flexibility index (Phi) is 8.22. The normalized spacial score (nSPS) is 26.1. The zero-order valence-electron chi connectivity index (χ0n) is 16.3. The summed E-state index contributed by atoms with van der Waals surface area (Å²) in [6, 6.07) is 6.19. The van der Waals surface area contributed by atoms with Crippen LogP contribution in [0, 0.1) is 0 Å². The lowest BCUT2D eigenvalue weighted by molar-refractivity contribution is -0.212. The minimum Gasteiger partial charge on any atom is -0.497 e. The Hall–Kier alpha value is -2.85. The van der Waals surface area contributed by atoms with Crippen LogP contribution in [0.1, 0.15) is 19.4 Å². The van der Waals surface area contributed by atoms with Crippen LogP contribution in [0.5, 0.6) is 5.75 Å². The molecule has 5 atom stereocenters. The molecular formula is C18H24N4O7. The highest BCUT2D eigenvalue weighted by Gasteiger charge is 2.47. The van der Waals surface area contributed by atoms with E-state index in [4.69, 9.17) is 24.5 Å². The molecule has 1 aromatic carbocycles. The van der Waals surface area contributed by atoms with Crippen molar-refractivity contribution in [2.24, 2.45) is 5.11 Å². The van der Waals surface area contributed by atoms with Crippen LogP contribution in [0.25, 0.3) is 10.4 Å². The zero-order valence-corrected chi connectivity index (χ0v) is 16.3. The van der Waals surface area contributed by atoms with Gasteiger partial charge in [-0.25, -0.2) is 0 Å². The molecule has 1 aliphatic heterocycles. The number of esters is 1. The number of benzene rings is 1. The van der Waals surface area contributed by atoms with E-state index in [1.807, 2.05) is 12.1 Å². The van der Waals surface area contributed by atoms with Crippen molar-refractivity contribution in [2.45, 2.75) is 51.0 Å². The number of hydrogen-bond acceptors (Lipinski definition) is 8. The first-order valence-electron chi connectivity index (χ1n) is 8.88. The lowest BCUT2D eigenvalue weighted by Crippen LogP contribution is -2.64. The molecule has 1 fully saturated rings. The maximum atomic E-state index is 11.5. The molecule has 0 saturated carbocycles. The Morgan fingerprint density at radius 3 is 2.55 bits per heavy atom. The van der Waals surface area contributed by atoms with Gasteiger partial charge in [-0.15, -0.1) is 0 Å². The Morgan fingerprint density at radius 1 is 1.31 bits per heavy atom. The molecule has 0 radical (unpaired) electrons. The van der Waals surface area contributed by atoms with Crippen LogP contribution in [-0.2, 0) is 30.4 Å². The van der Waals surface area contributed by atoms with Crippen molar-refractivity contribution in [3.8, 4) is 5.75 Å². The molecule has 0 aromatic heterocycles. The minimum absolute atomic E-state index is 0.0603. The van der Waals surface area contributed by atoms with Crippen molar-refractivity contribution >= 4 is 11.9 Å². The second kappa shape index (κ2) is 10.6. The number of carbonyl (C=O) groups is 2. The second-order valence-corrected chi connectivity index (χ2v) is 6.42. The highest BCUT2D eigenvalue weighted by atomic mass is 16.6. The number of azide groups is 1. The molecule has 1 amide bonds. The molecule has 158 valence electrons. The van der Waals surface area contributed by atoms with Crippen LogP contribution in [0.2, 0.25) is 0 Å². The Balaban J connectivity index is 2.08. The van der Waals surface area contributed by atoms with Crippen molar-refractivity contribution < 1.29 is 33.6 Å². The van der Waals surface area contributed by atoms with Crippen LogP contribution >= 0.6 is 0 Å². The molecule has 0 spiro atoms. The monoisotopic (exact) mass is 408 g/mol. The average molecular weight is 408 g/mol. The summed E-state index contributed by atoms with van der Waals surface area (Å²) in [4.78, 5) is 25.7. The van der Waals surface area contributed by atoms with Crippen LogP contribution < -0.4 is 10.1 Å². The van der Waals surface area contributed by atoms with Crippen LogP contribution in [0.4, 0.5) is 0 Å². The highest BCUT2D eigenvalue weighted by Crippen LogP contribution is 2.25. The topological polar surface area (TPSA) is 152 Å². The van der Waals surface area contributed by atoms with Gasteiger partial charge in [0, 0.05) is 18.8 Å². The van der Waals surface area contributed by atoms with Gasteiger partial charge in [-0.05, 0) is 23.2 Å². The van der Waals surface area contributed by atoms with E-state index in [1.54, 1.807) is 19.2 Å². The van der Waals surface area contributed by atoms with E-state index in [9.17, 15) is 14.7 Å². The van der Waals surface area contributed by atoms with Crippen molar-refractivity contribution in [1.29, 1.82) is 0 Å². The van der Waals surface area contributed by atoms with E-state index in [1.165, 1.54) is 13.8 Å². The number of hydrogen-bond donors (Lipinski definition) is 2. The number of amides is 1. The summed E-state index contributed by atoms with van der Waals surface area (Å²) >= 11 is 0. The highest BCUT2D eigenvalue weighted by molar-refractivity contribution is 5.73. The number of aliphatic hydroxyl groups is 1. The quantitative estimate of drug-likeness (QED) is 0.282. The third-order valence-electron chi connectivity index (χ3n) is 4.24. The first-order chi connectivity index (χ1) is 13.8. The fourth-order valence-electron chi connectivity index (χ4n) is 2.96. The van der Waals surface area contributed by atoms with Gasteiger partial charge in [0.2, 0.25) is 5.91 Å². The van der Waals surface area contributed by atoms with Gasteiger partial charge in [-0.1, -0.05) is 17.2 Å². The number of carbonyl (C=O) groups excluding carboxylic acids is 2.